The average molecular weight is 128 g/mol. The predicted molar refractivity (Wildman–Crippen MR) is 39.1 cm³/mol. The molecule has 1 fully saturated rings. The van der Waals surface area contributed by atoms with Gasteiger partial charge in [0.15, 0.2) is 0 Å². The molecule has 9 heavy (non-hydrogen) atoms. The van der Waals surface area contributed by atoms with Gasteiger partial charge in [-0.1, -0.05) is 6.92 Å². The molecule has 0 spiro atoms. The summed E-state index contributed by atoms with van der Waals surface area (Å²) < 4.78 is 0. The second kappa shape index (κ2) is 3.18. The highest BCUT2D eigenvalue weighted by molar-refractivity contribution is 4.70. The molecule has 1 unspecified atom stereocenters. The third kappa shape index (κ3) is 1.66. The summed E-state index contributed by atoms with van der Waals surface area (Å²) in [7, 11) is 0. The van der Waals surface area contributed by atoms with Gasteiger partial charge in [0, 0.05) is 19.1 Å². The molecule has 0 aliphatic carbocycles. The van der Waals surface area contributed by atoms with Crippen LogP contribution in [0.4, 0.5) is 0 Å². The van der Waals surface area contributed by atoms with Gasteiger partial charge in [0.05, 0.1) is 0 Å². The minimum Gasteiger partial charge on any atom is -0.255 e. The smallest absolute Gasteiger partial charge is 0.0215 e. The lowest BCUT2D eigenvalue weighted by molar-refractivity contribution is 0.186. The van der Waals surface area contributed by atoms with Gasteiger partial charge in [0.1, 0.15) is 0 Å². The fourth-order valence-corrected chi connectivity index (χ4v) is 1.37. The van der Waals surface area contributed by atoms with Crippen molar-refractivity contribution in [2.75, 3.05) is 13.1 Å². The molecule has 2 heteroatoms. The van der Waals surface area contributed by atoms with Crippen LogP contribution in [-0.4, -0.2) is 24.1 Å². The first-order valence-corrected chi connectivity index (χ1v) is 3.84. The molecule has 0 bridgehead atoms. The van der Waals surface area contributed by atoms with Gasteiger partial charge >= 0.3 is 0 Å². The highest BCUT2D eigenvalue weighted by Gasteiger charge is 2.18. The molecule has 0 aromatic carbocycles. The molecule has 0 aromatic heterocycles. The molecule has 1 atom stereocenters. The number of hydrazine groups is 1. The van der Waals surface area contributed by atoms with Crippen molar-refractivity contribution in [3.05, 3.63) is 0 Å². The molecular formula is C7H16N2. The maximum atomic E-state index is 3.33. The molecule has 1 aliphatic rings. The van der Waals surface area contributed by atoms with E-state index in [4.69, 9.17) is 0 Å². The standard InChI is InChI=1S/C7H16N2/c1-3-8-9-6-4-5-7(9)2/h7-8H,3-6H2,1-2H3. The first-order valence-electron chi connectivity index (χ1n) is 3.84. The fraction of sp³-hybridized carbons (Fsp3) is 1.00. The van der Waals surface area contributed by atoms with Crippen molar-refractivity contribution in [3.63, 3.8) is 0 Å². The molecule has 0 saturated carbocycles. The lowest BCUT2D eigenvalue weighted by atomic mass is 10.3. The maximum absolute atomic E-state index is 3.33. The SMILES string of the molecule is CCNN1CCCC1C. The summed E-state index contributed by atoms with van der Waals surface area (Å²) >= 11 is 0. The summed E-state index contributed by atoms with van der Waals surface area (Å²) in [5.74, 6) is 0. The van der Waals surface area contributed by atoms with E-state index in [1.807, 2.05) is 0 Å². The number of rotatable bonds is 2. The Labute approximate surface area is 57.2 Å². The van der Waals surface area contributed by atoms with Gasteiger partial charge in [-0.2, -0.15) is 0 Å². The Morgan fingerprint density at radius 3 is 2.89 bits per heavy atom. The molecule has 1 saturated heterocycles. The monoisotopic (exact) mass is 128 g/mol. The fourth-order valence-electron chi connectivity index (χ4n) is 1.37. The summed E-state index contributed by atoms with van der Waals surface area (Å²) in [6.07, 6.45) is 2.71. The Kier molecular flexibility index (Phi) is 2.49. The van der Waals surface area contributed by atoms with Gasteiger partial charge < -0.3 is 0 Å². The summed E-state index contributed by atoms with van der Waals surface area (Å²) in [5.41, 5.74) is 3.33. The zero-order chi connectivity index (χ0) is 6.69. The predicted octanol–water partition coefficient (Wildman–Crippen LogP) is 0.995. The highest BCUT2D eigenvalue weighted by Crippen LogP contribution is 2.12. The van der Waals surface area contributed by atoms with Crippen LogP contribution in [0.5, 0.6) is 0 Å². The molecule has 0 radical (unpaired) electrons. The van der Waals surface area contributed by atoms with Crippen LogP contribution in [0.25, 0.3) is 0 Å². The van der Waals surface area contributed by atoms with Crippen molar-refractivity contribution in [1.82, 2.24) is 10.4 Å². The van der Waals surface area contributed by atoms with Crippen molar-refractivity contribution in [1.29, 1.82) is 0 Å². The largest absolute Gasteiger partial charge is 0.255 e. The second-order valence-electron chi connectivity index (χ2n) is 2.70. The van der Waals surface area contributed by atoms with Gasteiger partial charge in [-0.05, 0) is 19.8 Å². The van der Waals surface area contributed by atoms with Crippen LogP contribution in [0.15, 0.2) is 0 Å². The summed E-state index contributed by atoms with van der Waals surface area (Å²) in [6.45, 7) is 6.71. The second-order valence-corrected chi connectivity index (χ2v) is 2.70. The van der Waals surface area contributed by atoms with Gasteiger partial charge in [-0.3, -0.25) is 5.43 Å². The Morgan fingerprint density at radius 1 is 1.67 bits per heavy atom. The highest BCUT2D eigenvalue weighted by atomic mass is 15.5. The maximum Gasteiger partial charge on any atom is 0.0215 e. The minimum absolute atomic E-state index is 0.755. The van der Waals surface area contributed by atoms with E-state index >= 15 is 0 Å². The number of hydrogen-bond donors (Lipinski definition) is 1. The van der Waals surface area contributed by atoms with E-state index in [2.05, 4.69) is 24.3 Å². The Hall–Kier alpha value is -0.0800. The van der Waals surface area contributed by atoms with Gasteiger partial charge in [0.25, 0.3) is 0 Å². The Bertz CT molecular complexity index is 83.0. The minimum atomic E-state index is 0.755. The van der Waals surface area contributed by atoms with Gasteiger partial charge in [-0.25, -0.2) is 5.01 Å². The van der Waals surface area contributed by atoms with E-state index in [0.29, 0.717) is 0 Å². The van der Waals surface area contributed by atoms with Crippen LogP contribution < -0.4 is 5.43 Å². The zero-order valence-electron chi connectivity index (χ0n) is 6.35. The van der Waals surface area contributed by atoms with Gasteiger partial charge in [-0.15, -0.1) is 0 Å². The average Bonchev–Trinajstić information content (AvgIpc) is 2.18. The molecule has 2 nitrogen and oxygen atoms in total. The van der Waals surface area contributed by atoms with Crippen molar-refractivity contribution in [3.8, 4) is 0 Å². The first-order chi connectivity index (χ1) is 4.34. The molecule has 54 valence electrons. The molecule has 1 rings (SSSR count). The van der Waals surface area contributed by atoms with Crippen LogP contribution in [0.3, 0.4) is 0 Å². The van der Waals surface area contributed by atoms with Crippen LogP contribution in [-0.2, 0) is 0 Å². The van der Waals surface area contributed by atoms with E-state index in [-0.39, 0.29) is 0 Å². The zero-order valence-corrected chi connectivity index (χ0v) is 6.35. The number of nitrogens with one attached hydrogen (secondary N) is 1. The molecule has 1 aliphatic heterocycles. The first kappa shape index (κ1) is 7.03. The lowest BCUT2D eigenvalue weighted by Gasteiger charge is -2.20. The van der Waals surface area contributed by atoms with Crippen molar-refractivity contribution < 1.29 is 0 Å². The lowest BCUT2D eigenvalue weighted by Crippen LogP contribution is -2.39. The third-order valence-electron chi connectivity index (χ3n) is 1.91. The number of hydrogen-bond acceptors (Lipinski definition) is 2. The molecular weight excluding hydrogens is 112 g/mol. The third-order valence-corrected chi connectivity index (χ3v) is 1.91. The van der Waals surface area contributed by atoms with Crippen molar-refractivity contribution in [2.24, 2.45) is 0 Å². The van der Waals surface area contributed by atoms with Crippen LogP contribution in [0.2, 0.25) is 0 Å². The topological polar surface area (TPSA) is 15.3 Å². The van der Waals surface area contributed by atoms with Crippen molar-refractivity contribution in [2.45, 2.75) is 32.7 Å². The molecule has 1 heterocycles. The Morgan fingerprint density at radius 2 is 2.44 bits per heavy atom. The summed E-state index contributed by atoms with van der Waals surface area (Å²) in [6, 6.07) is 0.755. The normalized spacial score (nSPS) is 29.3. The van der Waals surface area contributed by atoms with E-state index in [9.17, 15) is 0 Å². The summed E-state index contributed by atoms with van der Waals surface area (Å²) in [4.78, 5) is 0. The summed E-state index contributed by atoms with van der Waals surface area (Å²) in [5, 5.41) is 2.33. The number of nitrogens with zero attached hydrogens (tertiary/aromatic N) is 1. The van der Waals surface area contributed by atoms with Crippen molar-refractivity contribution >= 4 is 0 Å². The van der Waals surface area contributed by atoms with Crippen LogP contribution in [0, 0.1) is 0 Å². The quantitative estimate of drug-likeness (QED) is 0.596. The molecule has 1 N–H and O–H groups in total. The van der Waals surface area contributed by atoms with Crippen LogP contribution >= 0.6 is 0 Å². The van der Waals surface area contributed by atoms with Gasteiger partial charge in [0.2, 0.25) is 0 Å². The molecule has 0 amide bonds. The van der Waals surface area contributed by atoms with E-state index < -0.39 is 0 Å². The van der Waals surface area contributed by atoms with E-state index in [0.717, 1.165) is 12.6 Å². The molecule has 0 aromatic rings. The van der Waals surface area contributed by atoms with Crippen LogP contribution in [0.1, 0.15) is 26.7 Å². The Balaban J connectivity index is 2.22. The van der Waals surface area contributed by atoms with E-state index in [1.165, 1.54) is 19.4 Å². The van der Waals surface area contributed by atoms with E-state index in [1.54, 1.807) is 0 Å².